The van der Waals surface area contributed by atoms with Gasteiger partial charge >= 0.3 is 0 Å². The third kappa shape index (κ3) is 8.56. The van der Waals surface area contributed by atoms with E-state index in [1.165, 1.54) is 4.90 Å². The molecule has 0 aliphatic rings. The molecular weight excluding hydrogens is 242 g/mol. The Kier molecular flexibility index (Phi) is 9.00. The molecule has 0 saturated carbocycles. The molecule has 102 valence electrons. The third-order valence-electron chi connectivity index (χ3n) is 2.38. The van der Waals surface area contributed by atoms with Gasteiger partial charge in [-0.1, -0.05) is 32.0 Å². The van der Waals surface area contributed by atoms with Gasteiger partial charge in [-0.3, -0.25) is 0 Å². The summed E-state index contributed by atoms with van der Waals surface area (Å²) in [5, 5.41) is 3.44. The molecule has 0 amide bonds. The minimum absolute atomic E-state index is 0.639. The molecule has 0 spiro atoms. The predicted molar refractivity (Wildman–Crippen MR) is 80.3 cm³/mol. The average Bonchev–Trinajstić information content (AvgIpc) is 2.37. The quantitative estimate of drug-likeness (QED) is 0.518. The first-order valence-corrected chi connectivity index (χ1v) is 7.74. The molecule has 0 atom stereocenters. The molecule has 18 heavy (non-hydrogen) atoms. The van der Waals surface area contributed by atoms with Gasteiger partial charge in [0, 0.05) is 30.4 Å². The van der Waals surface area contributed by atoms with Crippen LogP contribution in [-0.2, 0) is 4.74 Å². The molecule has 3 heteroatoms. The topological polar surface area (TPSA) is 21.3 Å². The number of benzene rings is 1. The Labute approximate surface area is 116 Å². The van der Waals surface area contributed by atoms with Gasteiger partial charge in [0.05, 0.1) is 0 Å². The summed E-state index contributed by atoms with van der Waals surface area (Å²) in [4.78, 5) is 1.35. The van der Waals surface area contributed by atoms with Crippen molar-refractivity contribution in [2.24, 2.45) is 5.92 Å². The van der Waals surface area contributed by atoms with Gasteiger partial charge < -0.3 is 10.1 Å². The second-order valence-electron chi connectivity index (χ2n) is 4.73. The standard InChI is InChI=1S/C15H25NOS/c1-14(2)13-17-11-6-9-16-10-12-18-15-7-4-3-5-8-15/h3-5,7-8,14,16H,6,9-13H2,1-2H3. The molecule has 0 heterocycles. The van der Waals surface area contributed by atoms with Gasteiger partial charge in [-0.25, -0.2) is 0 Å². The number of nitrogens with one attached hydrogen (secondary N) is 1. The van der Waals surface area contributed by atoms with Gasteiger partial charge in [0.1, 0.15) is 0 Å². The number of hydrogen-bond acceptors (Lipinski definition) is 3. The number of ether oxygens (including phenoxy) is 1. The van der Waals surface area contributed by atoms with E-state index in [0.717, 1.165) is 38.5 Å². The SMILES string of the molecule is CC(C)COCCCNCCSc1ccccc1. The largest absolute Gasteiger partial charge is 0.381 e. The van der Waals surface area contributed by atoms with Crippen LogP contribution in [0, 0.1) is 5.92 Å². The first kappa shape index (κ1) is 15.5. The highest BCUT2D eigenvalue weighted by atomic mass is 32.2. The molecule has 0 fully saturated rings. The van der Waals surface area contributed by atoms with Crippen molar-refractivity contribution in [3.8, 4) is 0 Å². The van der Waals surface area contributed by atoms with Crippen LogP contribution in [0.4, 0.5) is 0 Å². The second-order valence-corrected chi connectivity index (χ2v) is 5.90. The van der Waals surface area contributed by atoms with E-state index in [1.807, 2.05) is 11.8 Å². The number of rotatable bonds is 10. The lowest BCUT2D eigenvalue weighted by Gasteiger charge is -2.07. The highest BCUT2D eigenvalue weighted by Crippen LogP contribution is 2.15. The molecular formula is C15H25NOS. The summed E-state index contributed by atoms with van der Waals surface area (Å²) in [5.41, 5.74) is 0. The molecule has 1 aromatic rings. The maximum absolute atomic E-state index is 5.53. The van der Waals surface area contributed by atoms with Gasteiger partial charge in [0.25, 0.3) is 0 Å². The fraction of sp³-hybridized carbons (Fsp3) is 0.600. The Hall–Kier alpha value is -0.510. The van der Waals surface area contributed by atoms with Crippen molar-refractivity contribution in [2.45, 2.75) is 25.2 Å². The van der Waals surface area contributed by atoms with Gasteiger partial charge in [0.15, 0.2) is 0 Å². The summed E-state index contributed by atoms with van der Waals surface area (Å²) in [6.07, 6.45) is 1.10. The maximum atomic E-state index is 5.53. The zero-order valence-electron chi connectivity index (χ0n) is 11.5. The van der Waals surface area contributed by atoms with Crippen LogP contribution >= 0.6 is 11.8 Å². The molecule has 2 nitrogen and oxygen atoms in total. The lowest BCUT2D eigenvalue weighted by molar-refractivity contribution is 0.108. The van der Waals surface area contributed by atoms with Crippen LogP contribution in [-0.4, -0.2) is 32.1 Å². The summed E-state index contributed by atoms with van der Waals surface area (Å²) in [6.45, 7) is 8.22. The zero-order chi connectivity index (χ0) is 13.1. The third-order valence-corrected chi connectivity index (χ3v) is 3.40. The summed E-state index contributed by atoms with van der Waals surface area (Å²) < 4.78 is 5.53. The molecule has 0 unspecified atom stereocenters. The van der Waals surface area contributed by atoms with Crippen LogP contribution < -0.4 is 5.32 Å². The lowest BCUT2D eigenvalue weighted by atomic mass is 10.2. The van der Waals surface area contributed by atoms with E-state index in [-0.39, 0.29) is 0 Å². The fourth-order valence-corrected chi connectivity index (χ4v) is 2.33. The summed E-state index contributed by atoms with van der Waals surface area (Å²) in [7, 11) is 0. The normalized spacial score (nSPS) is 11.1. The Morgan fingerprint density at radius 3 is 2.67 bits per heavy atom. The van der Waals surface area contributed by atoms with E-state index in [9.17, 15) is 0 Å². The van der Waals surface area contributed by atoms with Gasteiger partial charge in [-0.15, -0.1) is 11.8 Å². The van der Waals surface area contributed by atoms with Crippen LogP contribution in [0.25, 0.3) is 0 Å². The molecule has 0 saturated heterocycles. The maximum Gasteiger partial charge on any atom is 0.0489 e. The van der Waals surface area contributed by atoms with Gasteiger partial charge in [-0.2, -0.15) is 0 Å². The summed E-state index contributed by atoms with van der Waals surface area (Å²) in [5.74, 6) is 1.76. The molecule has 0 radical (unpaired) electrons. The first-order valence-electron chi connectivity index (χ1n) is 6.75. The molecule has 0 aliphatic carbocycles. The van der Waals surface area contributed by atoms with Crippen molar-refractivity contribution in [2.75, 3.05) is 32.1 Å². The molecule has 0 aliphatic heterocycles. The van der Waals surface area contributed by atoms with E-state index in [1.54, 1.807) is 0 Å². The summed E-state index contributed by atoms with van der Waals surface area (Å²) >= 11 is 1.90. The van der Waals surface area contributed by atoms with E-state index in [0.29, 0.717) is 5.92 Å². The smallest absolute Gasteiger partial charge is 0.0489 e. The molecule has 0 bridgehead atoms. The Morgan fingerprint density at radius 2 is 1.94 bits per heavy atom. The fourth-order valence-electron chi connectivity index (χ4n) is 1.50. The van der Waals surface area contributed by atoms with E-state index >= 15 is 0 Å². The monoisotopic (exact) mass is 267 g/mol. The van der Waals surface area contributed by atoms with E-state index < -0.39 is 0 Å². The second kappa shape index (κ2) is 10.4. The molecule has 1 rings (SSSR count). The lowest BCUT2D eigenvalue weighted by Crippen LogP contribution is -2.20. The van der Waals surface area contributed by atoms with Crippen molar-refractivity contribution in [1.82, 2.24) is 5.32 Å². The highest BCUT2D eigenvalue weighted by molar-refractivity contribution is 7.99. The van der Waals surface area contributed by atoms with Crippen LogP contribution in [0.2, 0.25) is 0 Å². The molecule has 1 aromatic carbocycles. The average molecular weight is 267 g/mol. The Balaban J connectivity index is 1.84. The van der Waals surface area contributed by atoms with E-state index in [4.69, 9.17) is 4.74 Å². The van der Waals surface area contributed by atoms with Gasteiger partial charge in [0.2, 0.25) is 0 Å². The van der Waals surface area contributed by atoms with Gasteiger partial charge in [-0.05, 0) is 31.0 Å². The molecule has 0 aromatic heterocycles. The van der Waals surface area contributed by atoms with Crippen molar-refractivity contribution in [3.05, 3.63) is 30.3 Å². The van der Waals surface area contributed by atoms with Crippen LogP contribution in [0.15, 0.2) is 35.2 Å². The van der Waals surface area contributed by atoms with Crippen molar-refractivity contribution < 1.29 is 4.74 Å². The Morgan fingerprint density at radius 1 is 1.17 bits per heavy atom. The minimum atomic E-state index is 0.639. The number of thioether (sulfide) groups is 1. The first-order chi connectivity index (χ1) is 8.79. The van der Waals surface area contributed by atoms with Crippen molar-refractivity contribution in [1.29, 1.82) is 0 Å². The van der Waals surface area contributed by atoms with Crippen molar-refractivity contribution in [3.63, 3.8) is 0 Å². The minimum Gasteiger partial charge on any atom is -0.381 e. The van der Waals surface area contributed by atoms with Crippen LogP contribution in [0.5, 0.6) is 0 Å². The summed E-state index contributed by atoms with van der Waals surface area (Å²) in [6, 6.07) is 10.5. The molecule has 1 N–H and O–H groups in total. The van der Waals surface area contributed by atoms with Crippen LogP contribution in [0.1, 0.15) is 20.3 Å². The van der Waals surface area contributed by atoms with Crippen molar-refractivity contribution >= 4 is 11.8 Å². The Bertz CT molecular complexity index is 290. The van der Waals surface area contributed by atoms with Crippen LogP contribution in [0.3, 0.4) is 0 Å². The van der Waals surface area contributed by atoms with E-state index in [2.05, 4.69) is 49.5 Å². The number of hydrogen-bond donors (Lipinski definition) is 1. The zero-order valence-corrected chi connectivity index (χ0v) is 12.3. The predicted octanol–water partition coefficient (Wildman–Crippen LogP) is 3.43. The highest BCUT2D eigenvalue weighted by Gasteiger charge is 1.94.